The van der Waals surface area contributed by atoms with Gasteiger partial charge in [0, 0.05) is 0 Å². The highest BCUT2D eigenvalue weighted by atomic mass is 16.7. The number of methoxy groups -OCH3 is 1. The lowest BCUT2D eigenvalue weighted by atomic mass is 9.84. The number of rotatable bonds is 7. The fraction of sp³-hybridized carbons (Fsp3) is 0.286. The molecule has 0 bridgehead atoms. The second-order valence-corrected chi connectivity index (χ2v) is 9.11. The van der Waals surface area contributed by atoms with Gasteiger partial charge in [0.15, 0.2) is 23.0 Å². The van der Waals surface area contributed by atoms with Crippen molar-refractivity contribution in [2.75, 3.05) is 20.7 Å². The third-order valence-corrected chi connectivity index (χ3v) is 6.94. The first-order chi connectivity index (χ1) is 17.6. The van der Waals surface area contributed by atoms with Crippen LogP contribution in [0.4, 0.5) is 0 Å². The monoisotopic (exact) mass is 487 g/mol. The van der Waals surface area contributed by atoms with Gasteiger partial charge in [-0.2, -0.15) is 0 Å². The molecule has 2 atom stereocenters. The molecule has 1 saturated heterocycles. The van der Waals surface area contributed by atoms with Crippen LogP contribution in [0.25, 0.3) is 0 Å². The first kappa shape index (κ1) is 22.3. The molecule has 0 spiro atoms. The molecule has 6 rings (SSSR count). The van der Waals surface area contributed by atoms with Gasteiger partial charge < -0.3 is 23.7 Å². The Labute approximate surface area is 208 Å². The number of imide groups is 1. The maximum Gasteiger partial charge on any atom is 0.233 e. The average Bonchev–Trinajstić information content (AvgIpc) is 3.61. The summed E-state index contributed by atoms with van der Waals surface area (Å²) in [6, 6.07) is 18.7. The summed E-state index contributed by atoms with van der Waals surface area (Å²) in [5, 5.41) is 0. The van der Waals surface area contributed by atoms with Crippen LogP contribution in [-0.2, 0) is 29.0 Å². The van der Waals surface area contributed by atoms with E-state index in [2.05, 4.69) is 0 Å². The van der Waals surface area contributed by atoms with Crippen molar-refractivity contribution in [3.63, 3.8) is 0 Å². The topological polar surface area (TPSA) is 83.5 Å². The standard InChI is InChI=1S/C28H25NO7/c1-32-20-6-2-17(3-7-20)14-29-27(30)21(10-18-4-8-23-25(12-18)35-15-33-23)22(28(29)31)11-19-5-9-24-26(13-19)36-16-34-24/h2-9,12-13,21-22H,10-11,14-16H2,1H3/t21-,22-/m0/s1. The number of hydrogen-bond donors (Lipinski definition) is 0. The minimum atomic E-state index is -0.499. The zero-order chi connectivity index (χ0) is 24.6. The fourth-order valence-corrected chi connectivity index (χ4v) is 5.03. The van der Waals surface area contributed by atoms with Crippen molar-refractivity contribution in [1.29, 1.82) is 0 Å². The van der Waals surface area contributed by atoms with Gasteiger partial charge >= 0.3 is 0 Å². The smallest absolute Gasteiger partial charge is 0.233 e. The van der Waals surface area contributed by atoms with Crippen LogP contribution in [-0.4, -0.2) is 37.4 Å². The van der Waals surface area contributed by atoms with E-state index in [1.807, 2.05) is 60.7 Å². The average molecular weight is 488 g/mol. The van der Waals surface area contributed by atoms with Crippen molar-refractivity contribution < 1.29 is 33.3 Å². The van der Waals surface area contributed by atoms with Crippen LogP contribution in [0.15, 0.2) is 60.7 Å². The SMILES string of the molecule is COc1ccc(CN2C(=O)[C@@H](Cc3ccc4c(c3)OCO4)[C@H](Cc3ccc4c(c3)OCO4)C2=O)cc1. The number of hydrogen-bond acceptors (Lipinski definition) is 7. The molecule has 8 heteroatoms. The van der Waals surface area contributed by atoms with Crippen molar-refractivity contribution >= 4 is 11.8 Å². The van der Waals surface area contributed by atoms with Crippen molar-refractivity contribution in [1.82, 2.24) is 4.90 Å². The Hall–Kier alpha value is -4.20. The Morgan fingerprint density at radius 2 is 1.17 bits per heavy atom. The maximum atomic E-state index is 13.6. The minimum absolute atomic E-state index is 0.167. The molecule has 3 aromatic rings. The third kappa shape index (κ3) is 4.08. The molecule has 0 radical (unpaired) electrons. The summed E-state index contributed by atoms with van der Waals surface area (Å²) in [6.45, 7) is 0.584. The van der Waals surface area contributed by atoms with Gasteiger partial charge in [0.2, 0.25) is 25.4 Å². The summed E-state index contributed by atoms with van der Waals surface area (Å²) in [4.78, 5) is 28.7. The molecular weight excluding hydrogens is 462 g/mol. The minimum Gasteiger partial charge on any atom is -0.497 e. The van der Waals surface area contributed by atoms with Crippen molar-refractivity contribution in [2.24, 2.45) is 11.8 Å². The lowest BCUT2D eigenvalue weighted by molar-refractivity contribution is -0.140. The van der Waals surface area contributed by atoms with Gasteiger partial charge in [-0.05, 0) is 65.9 Å². The Morgan fingerprint density at radius 1 is 0.694 bits per heavy atom. The van der Waals surface area contributed by atoms with E-state index in [4.69, 9.17) is 23.7 Å². The number of amides is 2. The Morgan fingerprint density at radius 3 is 1.67 bits per heavy atom. The molecular formula is C28H25NO7. The fourth-order valence-electron chi connectivity index (χ4n) is 5.03. The first-order valence-corrected chi connectivity index (χ1v) is 11.8. The van der Waals surface area contributed by atoms with Crippen LogP contribution in [0.1, 0.15) is 16.7 Å². The van der Waals surface area contributed by atoms with Gasteiger partial charge in [-0.25, -0.2) is 0 Å². The molecule has 3 heterocycles. The number of carbonyl (C=O) groups excluding carboxylic acids is 2. The molecule has 3 aliphatic rings. The number of fused-ring (bicyclic) bond motifs is 2. The van der Waals surface area contributed by atoms with Crippen LogP contribution < -0.4 is 23.7 Å². The molecule has 0 aliphatic carbocycles. The highest BCUT2D eigenvalue weighted by Gasteiger charge is 2.47. The molecule has 8 nitrogen and oxygen atoms in total. The van der Waals surface area contributed by atoms with E-state index in [1.54, 1.807) is 7.11 Å². The van der Waals surface area contributed by atoms with Crippen molar-refractivity contribution in [2.45, 2.75) is 19.4 Å². The van der Waals surface area contributed by atoms with Gasteiger partial charge in [0.1, 0.15) is 5.75 Å². The van der Waals surface area contributed by atoms with Crippen LogP contribution in [0.2, 0.25) is 0 Å². The molecule has 3 aromatic carbocycles. The number of likely N-dealkylation sites (tertiary alicyclic amines) is 1. The van der Waals surface area contributed by atoms with Crippen molar-refractivity contribution in [3.8, 4) is 28.7 Å². The predicted octanol–water partition coefficient (Wildman–Crippen LogP) is 3.74. The quantitative estimate of drug-likeness (QED) is 0.470. The maximum absolute atomic E-state index is 13.6. The molecule has 36 heavy (non-hydrogen) atoms. The van der Waals surface area contributed by atoms with E-state index in [1.165, 1.54) is 4.90 Å². The lowest BCUT2D eigenvalue weighted by Crippen LogP contribution is -2.31. The summed E-state index contributed by atoms with van der Waals surface area (Å²) in [7, 11) is 1.60. The zero-order valence-electron chi connectivity index (χ0n) is 19.8. The summed E-state index contributed by atoms with van der Waals surface area (Å²) in [5.74, 6) is 2.08. The van der Waals surface area contributed by atoms with E-state index < -0.39 is 11.8 Å². The number of nitrogens with zero attached hydrogens (tertiary/aromatic N) is 1. The molecule has 0 N–H and O–H groups in total. The summed E-state index contributed by atoms with van der Waals surface area (Å²) in [6.07, 6.45) is 0.852. The van der Waals surface area contributed by atoms with Gasteiger partial charge in [-0.3, -0.25) is 14.5 Å². The Bertz CT molecular complexity index is 1240. The van der Waals surface area contributed by atoms with E-state index in [0.717, 1.165) is 22.4 Å². The van der Waals surface area contributed by atoms with E-state index in [-0.39, 0.29) is 31.9 Å². The van der Waals surface area contributed by atoms with E-state index in [0.29, 0.717) is 35.8 Å². The second-order valence-electron chi connectivity index (χ2n) is 9.11. The van der Waals surface area contributed by atoms with Crippen LogP contribution in [0.3, 0.4) is 0 Å². The molecule has 0 aromatic heterocycles. The number of carbonyl (C=O) groups is 2. The van der Waals surface area contributed by atoms with Gasteiger partial charge in [0.05, 0.1) is 25.5 Å². The number of benzene rings is 3. The van der Waals surface area contributed by atoms with Crippen LogP contribution >= 0.6 is 0 Å². The summed E-state index contributed by atoms with van der Waals surface area (Å²) >= 11 is 0. The molecule has 0 unspecified atom stereocenters. The zero-order valence-corrected chi connectivity index (χ0v) is 19.8. The van der Waals surface area contributed by atoms with E-state index >= 15 is 0 Å². The van der Waals surface area contributed by atoms with E-state index in [9.17, 15) is 9.59 Å². The highest BCUT2D eigenvalue weighted by Crippen LogP contribution is 2.39. The molecule has 184 valence electrons. The summed E-state index contributed by atoms with van der Waals surface area (Å²) < 4.78 is 27.1. The lowest BCUT2D eigenvalue weighted by Gasteiger charge is -2.16. The van der Waals surface area contributed by atoms with Gasteiger partial charge in [-0.15, -0.1) is 0 Å². The first-order valence-electron chi connectivity index (χ1n) is 11.8. The van der Waals surface area contributed by atoms with Gasteiger partial charge in [-0.1, -0.05) is 24.3 Å². The molecule has 1 fully saturated rings. The highest BCUT2D eigenvalue weighted by molar-refractivity contribution is 6.05. The molecule has 0 saturated carbocycles. The predicted molar refractivity (Wildman–Crippen MR) is 128 cm³/mol. The van der Waals surface area contributed by atoms with Crippen LogP contribution in [0.5, 0.6) is 28.7 Å². The largest absolute Gasteiger partial charge is 0.497 e. The van der Waals surface area contributed by atoms with Gasteiger partial charge in [0.25, 0.3) is 0 Å². The second kappa shape index (κ2) is 9.11. The van der Waals surface area contributed by atoms with Crippen LogP contribution in [0, 0.1) is 11.8 Å². The van der Waals surface area contributed by atoms with Crippen molar-refractivity contribution in [3.05, 3.63) is 77.4 Å². The molecule has 3 aliphatic heterocycles. The Balaban J connectivity index is 1.28. The molecule has 2 amide bonds. The number of ether oxygens (including phenoxy) is 5. The third-order valence-electron chi connectivity index (χ3n) is 6.94. The Kier molecular flexibility index (Phi) is 5.64. The summed E-state index contributed by atoms with van der Waals surface area (Å²) in [5.41, 5.74) is 2.71. The normalized spacial score (nSPS) is 19.8.